The first-order chi connectivity index (χ1) is 12.5. The molecule has 1 aliphatic rings. The van der Waals surface area contributed by atoms with Gasteiger partial charge in [-0.3, -0.25) is 9.89 Å². The summed E-state index contributed by atoms with van der Waals surface area (Å²) in [4.78, 5) is 16.9. The molecule has 10 heteroatoms. The van der Waals surface area contributed by atoms with Crippen LogP contribution < -0.4 is 5.32 Å². The smallest absolute Gasteiger partial charge is 0.344 e. The van der Waals surface area contributed by atoms with Crippen molar-refractivity contribution in [1.82, 2.24) is 25.7 Å². The highest BCUT2D eigenvalue weighted by atomic mass is 19.4. The van der Waals surface area contributed by atoms with Crippen LogP contribution in [-0.4, -0.2) is 26.2 Å². The van der Waals surface area contributed by atoms with Crippen molar-refractivity contribution in [3.05, 3.63) is 28.7 Å². The summed E-state index contributed by atoms with van der Waals surface area (Å²) in [7, 11) is 0. The van der Waals surface area contributed by atoms with Crippen molar-refractivity contribution in [1.29, 1.82) is 0 Å². The highest BCUT2D eigenvalue weighted by Crippen LogP contribution is 2.36. The van der Waals surface area contributed by atoms with Crippen LogP contribution >= 0.6 is 0 Å². The van der Waals surface area contributed by atoms with E-state index in [0.717, 1.165) is 0 Å². The molecule has 2 heterocycles. The van der Waals surface area contributed by atoms with Crippen molar-refractivity contribution in [3.63, 3.8) is 0 Å². The number of amides is 1. The molecular weight excluding hydrogens is 363 g/mol. The highest BCUT2D eigenvalue weighted by molar-refractivity contribution is 5.79. The zero-order chi connectivity index (χ0) is 20.0. The van der Waals surface area contributed by atoms with E-state index in [4.69, 9.17) is 4.52 Å². The Morgan fingerprint density at radius 3 is 2.63 bits per heavy atom. The first-order valence-corrected chi connectivity index (χ1v) is 8.74. The van der Waals surface area contributed by atoms with Crippen molar-refractivity contribution >= 4 is 5.91 Å². The fourth-order valence-corrected chi connectivity index (χ4v) is 3.06. The summed E-state index contributed by atoms with van der Waals surface area (Å²) in [5, 5.41) is 12.5. The summed E-state index contributed by atoms with van der Waals surface area (Å²) in [5.74, 6) is -0.111. The average Bonchev–Trinajstić information content (AvgIpc) is 3.20. The number of carbonyl (C=O) groups is 1. The Morgan fingerprint density at radius 2 is 2.04 bits per heavy atom. The lowest BCUT2D eigenvalue weighted by Gasteiger charge is -2.23. The third-order valence-electron chi connectivity index (χ3n) is 4.63. The molecule has 0 bridgehead atoms. The minimum atomic E-state index is -4.54. The van der Waals surface area contributed by atoms with Gasteiger partial charge in [-0.25, -0.2) is 0 Å². The van der Waals surface area contributed by atoms with Crippen molar-refractivity contribution in [3.8, 4) is 0 Å². The summed E-state index contributed by atoms with van der Waals surface area (Å²) in [6.07, 6.45) is -3.75. The number of hydrogen-bond donors (Lipinski definition) is 2. The first-order valence-electron chi connectivity index (χ1n) is 8.74. The van der Waals surface area contributed by atoms with Gasteiger partial charge < -0.3 is 9.84 Å². The molecule has 2 aromatic heterocycles. The number of nitrogens with zero attached hydrogens (tertiary/aromatic N) is 3. The third-order valence-corrected chi connectivity index (χ3v) is 4.63. The lowest BCUT2D eigenvalue weighted by atomic mass is 9.85. The fourth-order valence-electron chi connectivity index (χ4n) is 3.06. The van der Waals surface area contributed by atoms with Gasteiger partial charge >= 0.3 is 6.18 Å². The van der Waals surface area contributed by atoms with E-state index in [9.17, 15) is 18.0 Å². The normalized spacial score (nSPS) is 18.9. The molecule has 2 N–H and O–H groups in total. The van der Waals surface area contributed by atoms with E-state index in [1.807, 2.05) is 20.8 Å². The second-order valence-electron chi connectivity index (χ2n) is 7.90. The Labute approximate surface area is 154 Å². The van der Waals surface area contributed by atoms with Gasteiger partial charge in [0.2, 0.25) is 11.8 Å². The SMILES string of the molecule is C[C@H](NC(=O)[C@H]1CCc2[nH]nc(C(F)(F)F)c2C1)c1nc(C(C)(C)C)no1. The zero-order valence-electron chi connectivity index (χ0n) is 15.6. The Balaban J connectivity index is 1.69. The van der Waals surface area contributed by atoms with Gasteiger partial charge in [0.15, 0.2) is 11.5 Å². The highest BCUT2D eigenvalue weighted by Gasteiger charge is 2.40. The number of alkyl halides is 3. The van der Waals surface area contributed by atoms with Gasteiger partial charge in [0.05, 0.1) is 0 Å². The van der Waals surface area contributed by atoms with Crippen molar-refractivity contribution in [2.45, 2.75) is 64.6 Å². The number of aromatic nitrogens is 4. The van der Waals surface area contributed by atoms with E-state index >= 15 is 0 Å². The largest absolute Gasteiger partial charge is 0.435 e. The molecule has 0 aromatic carbocycles. The molecule has 7 nitrogen and oxygen atoms in total. The predicted octanol–water partition coefficient (Wildman–Crippen LogP) is 3.09. The predicted molar refractivity (Wildman–Crippen MR) is 88.7 cm³/mol. The molecule has 0 aliphatic heterocycles. The number of H-pyrrole nitrogens is 1. The number of halogens is 3. The molecule has 27 heavy (non-hydrogen) atoms. The van der Waals surface area contributed by atoms with E-state index in [0.29, 0.717) is 24.4 Å². The number of aromatic amines is 1. The molecule has 0 radical (unpaired) electrons. The summed E-state index contributed by atoms with van der Waals surface area (Å²) in [6.45, 7) is 7.51. The molecule has 2 atom stereocenters. The molecule has 2 aromatic rings. The molecule has 0 spiro atoms. The van der Waals surface area contributed by atoms with Crippen LogP contribution in [0.15, 0.2) is 4.52 Å². The van der Waals surface area contributed by atoms with E-state index in [2.05, 4.69) is 25.7 Å². The molecule has 0 fully saturated rings. The maximum absolute atomic E-state index is 13.1. The number of aryl methyl sites for hydroxylation is 1. The standard InChI is InChI=1S/C17H22F3N5O2/c1-8(14-22-15(25-27-14)16(2,3)4)21-13(26)9-5-6-11-10(7-9)12(24-23-11)17(18,19)20/h8-9H,5-7H2,1-4H3,(H,21,26)(H,23,24)/t8-,9-/m0/s1. The monoisotopic (exact) mass is 385 g/mol. The maximum atomic E-state index is 13.1. The van der Waals surface area contributed by atoms with Crippen LogP contribution in [-0.2, 0) is 29.2 Å². The van der Waals surface area contributed by atoms with Crippen LogP contribution in [0, 0.1) is 5.92 Å². The number of hydrogen-bond acceptors (Lipinski definition) is 5. The van der Waals surface area contributed by atoms with E-state index in [1.165, 1.54) is 0 Å². The van der Waals surface area contributed by atoms with Gasteiger partial charge in [-0.1, -0.05) is 25.9 Å². The molecule has 1 aliphatic carbocycles. The second kappa shape index (κ2) is 6.65. The quantitative estimate of drug-likeness (QED) is 0.846. The number of fused-ring (bicyclic) bond motifs is 1. The summed E-state index contributed by atoms with van der Waals surface area (Å²) in [5.41, 5.74) is -0.698. The fraction of sp³-hybridized carbons (Fsp3) is 0.647. The summed E-state index contributed by atoms with van der Waals surface area (Å²) in [6, 6.07) is -0.533. The molecule has 0 unspecified atom stereocenters. The van der Waals surface area contributed by atoms with Gasteiger partial charge in [0, 0.05) is 22.6 Å². The molecule has 3 rings (SSSR count). The van der Waals surface area contributed by atoms with Crippen LogP contribution in [0.2, 0.25) is 0 Å². The van der Waals surface area contributed by atoms with Crippen LogP contribution in [0.3, 0.4) is 0 Å². The minimum absolute atomic E-state index is 0.00367. The minimum Gasteiger partial charge on any atom is -0.344 e. The first kappa shape index (κ1) is 19.4. The molecule has 1 amide bonds. The Bertz CT molecular complexity index is 834. The Kier molecular flexibility index (Phi) is 4.77. The average molecular weight is 385 g/mol. The van der Waals surface area contributed by atoms with Crippen molar-refractivity contribution in [2.24, 2.45) is 5.92 Å². The van der Waals surface area contributed by atoms with E-state index in [-0.39, 0.29) is 29.2 Å². The second-order valence-corrected chi connectivity index (χ2v) is 7.90. The van der Waals surface area contributed by atoms with Gasteiger partial charge in [-0.2, -0.15) is 23.3 Å². The lowest BCUT2D eigenvalue weighted by Crippen LogP contribution is -2.36. The van der Waals surface area contributed by atoms with Gasteiger partial charge in [0.25, 0.3) is 0 Å². The van der Waals surface area contributed by atoms with Gasteiger partial charge in [-0.05, 0) is 26.2 Å². The summed E-state index contributed by atoms with van der Waals surface area (Å²) < 4.78 is 44.4. The molecule has 148 valence electrons. The number of rotatable bonds is 3. The van der Waals surface area contributed by atoms with Crippen molar-refractivity contribution in [2.75, 3.05) is 0 Å². The van der Waals surface area contributed by atoms with E-state index in [1.54, 1.807) is 6.92 Å². The van der Waals surface area contributed by atoms with Gasteiger partial charge in [0.1, 0.15) is 6.04 Å². The third kappa shape index (κ3) is 3.98. The number of nitrogens with one attached hydrogen (secondary N) is 2. The number of carbonyl (C=O) groups excluding carboxylic acids is 1. The zero-order valence-corrected chi connectivity index (χ0v) is 15.6. The molecule has 0 saturated carbocycles. The Hall–Kier alpha value is -2.39. The van der Waals surface area contributed by atoms with Crippen LogP contribution in [0.25, 0.3) is 0 Å². The van der Waals surface area contributed by atoms with Crippen LogP contribution in [0.4, 0.5) is 13.2 Å². The topological polar surface area (TPSA) is 96.7 Å². The van der Waals surface area contributed by atoms with Crippen LogP contribution in [0.1, 0.15) is 68.8 Å². The van der Waals surface area contributed by atoms with Crippen LogP contribution in [0.5, 0.6) is 0 Å². The Morgan fingerprint density at radius 1 is 1.33 bits per heavy atom. The van der Waals surface area contributed by atoms with Crippen molar-refractivity contribution < 1.29 is 22.5 Å². The molecular formula is C17H22F3N5O2. The lowest BCUT2D eigenvalue weighted by molar-refractivity contribution is -0.142. The van der Waals surface area contributed by atoms with Gasteiger partial charge in [-0.15, -0.1) is 0 Å². The van der Waals surface area contributed by atoms with E-state index < -0.39 is 23.8 Å². The summed E-state index contributed by atoms with van der Waals surface area (Å²) >= 11 is 0. The maximum Gasteiger partial charge on any atom is 0.435 e. The molecule has 0 saturated heterocycles.